The molecule has 2 aromatic rings. The second-order valence-corrected chi connectivity index (χ2v) is 8.45. The molecule has 2 atom stereocenters. The Hall–Kier alpha value is -2.83. The molecule has 2 aliphatic carbocycles. The van der Waals surface area contributed by atoms with E-state index < -0.39 is 17.3 Å². The highest BCUT2D eigenvalue weighted by Crippen LogP contribution is 2.48. The number of fused-ring (bicyclic) bond motifs is 2. The molecule has 4 rings (SSSR count). The number of amides is 2. The lowest BCUT2D eigenvalue weighted by Crippen LogP contribution is -2.55. The van der Waals surface area contributed by atoms with Crippen molar-refractivity contribution in [2.45, 2.75) is 63.5 Å². The summed E-state index contributed by atoms with van der Waals surface area (Å²) in [6.45, 7) is 3.58. The van der Waals surface area contributed by atoms with E-state index in [9.17, 15) is 14.0 Å². The van der Waals surface area contributed by atoms with Gasteiger partial charge in [-0.2, -0.15) is 0 Å². The minimum atomic E-state index is -0.622. The van der Waals surface area contributed by atoms with Gasteiger partial charge in [0, 0.05) is 22.5 Å². The zero-order chi connectivity index (χ0) is 20.6. The largest absolute Gasteiger partial charge is 0.345 e. The summed E-state index contributed by atoms with van der Waals surface area (Å²) in [5, 5.41) is 6.23. The van der Waals surface area contributed by atoms with Crippen LogP contribution in [0.4, 0.5) is 4.39 Å². The van der Waals surface area contributed by atoms with Crippen LogP contribution in [0.5, 0.6) is 0 Å². The fraction of sp³-hybridized carbons (Fsp3) is 0.455. The van der Waals surface area contributed by atoms with Crippen molar-refractivity contribution in [1.82, 2.24) is 20.6 Å². The Labute approximate surface area is 169 Å². The number of rotatable bonds is 4. The third-order valence-electron chi connectivity index (χ3n) is 6.15. The Bertz CT molecular complexity index is 979. The fourth-order valence-electron chi connectivity index (χ4n) is 4.81. The van der Waals surface area contributed by atoms with Gasteiger partial charge in [0.2, 0.25) is 0 Å². The smallest absolute Gasteiger partial charge is 0.273 e. The molecule has 0 aliphatic heterocycles. The summed E-state index contributed by atoms with van der Waals surface area (Å²) >= 11 is 0. The van der Waals surface area contributed by atoms with Gasteiger partial charge < -0.3 is 10.6 Å². The van der Waals surface area contributed by atoms with Crippen molar-refractivity contribution in [1.29, 1.82) is 0 Å². The molecule has 2 bridgehead atoms. The number of aryl methyl sites for hydroxylation is 2. The Morgan fingerprint density at radius 1 is 0.897 bits per heavy atom. The highest BCUT2D eigenvalue weighted by atomic mass is 19.1. The summed E-state index contributed by atoms with van der Waals surface area (Å²) in [7, 11) is 0. The van der Waals surface area contributed by atoms with E-state index >= 15 is 0 Å². The van der Waals surface area contributed by atoms with E-state index in [0.717, 1.165) is 37.8 Å². The van der Waals surface area contributed by atoms with E-state index in [-0.39, 0.29) is 17.1 Å². The maximum Gasteiger partial charge on any atom is 0.273 e. The molecule has 0 spiro atoms. The van der Waals surface area contributed by atoms with Gasteiger partial charge in [0.15, 0.2) is 11.5 Å². The zero-order valence-electron chi connectivity index (χ0n) is 16.7. The highest BCUT2D eigenvalue weighted by molar-refractivity contribution is 5.94. The summed E-state index contributed by atoms with van der Waals surface area (Å²) in [6, 6.07) is 8.19. The average molecular weight is 396 g/mol. The SMILES string of the molecule is Cc1cccc(C(=O)N[C@]23CCC[C@](NC(=O)c4nc(C)ccc4F)(CC2)C3)n1. The first-order chi connectivity index (χ1) is 13.8. The fourth-order valence-corrected chi connectivity index (χ4v) is 4.81. The van der Waals surface area contributed by atoms with Gasteiger partial charge in [0.05, 0.1) is 0 Å². The predicted molar refractivity (Wildman–Crippen MR) is 106 cm³/mol. The number of hydrogen-bond donors (Lipinski definition) is 2. The third kappa shape index (κ3) is 3.86. The summed E-state index contributed by atoms with van der Waals surface area (Å²) in [4.78, 5) is 33.9. The standard InChI is InChI=1S/C22H25FN4O2/c1-14-5-3-6-17(24-14)19(28)26-21-9-4-10-22(13-21,12-11-21)27-20(29)18-16(23)8-7-15(2)25-18/h3,5-8H,4,9-13H2,1-2H3,(H,26,28)(H,27,29)/t21-,22+/m1/s1. The second-order valence-electron chi connectivity index (χ2n) is 8.45. The summed E-state index contributed by atoms with van der Waals surface area (Å²) in [5.41, 5.74) is 0.802. The molecule has 2 N–H and O–H groups in total. The van der Waals surface area contributed by atoms with Crippen LogP contribution in [0, 0.1) is 19.7 Å². The van der Waals surface area contributed by atoms with Crippen molar-refractivity contribution in [3.8, 4) is 0 Å². The number of pyridine rings is 2. The molecule has 29 heavy (non-hydrogen) atoms. The molecule has 2 aliphatic rings. The molecule has 6 nitrogen and oxygen atoms in total. The number of carbonyl (C=O) groups is 2. The average Bonchev–Trinajstić information content (AvgIpc) is 2.93. The monoisotopic (exact) mass is 396 g/mol. The van der Waals surface area contributed by atoms with Gasteiger partial charge >= 0.3 is 0 Å². The molecule has 2 aromatic heterocycles. The molecule has 0 radical (unpaired) electrons. The van der Waals surface area contributed by atoms with Crippen LogP contribution in [0.25, 0.3) is 0 Å². The van der Waals surface area contributed by atoms with E-state index in [2.05, 4.69) is 20.6 Å². The molecule has 0 unspecified atom stereocenters. The molecule has 0 aromatic carbocycles. The highest BCUT2D eigenvalue weighted by Gasteiger charge is 2.52. The lowest BCUT2D eigenvalue weighted by Gasteiger charge is -2.40. The first-order valence-electron chi connectivity index (χ1n) is 10.0. The number of nitrogens with one attached hydrogen (secondary N) is 2. The van der Waals surface area contributed by atoms with Gasteiger partial charge in [-0.05, 0) is 76.6 Å². The zero-order valence-corrected chi connectivity index (χ0v) is 16.7. The van der Waals surface area contributed by atoms with Crippen LogP contribution >= 0.6 is 0 Å². The van der Waals surface area contributed by atoms with Crippen molar-refractivity contribution in [2.75, 3.05) is 0 Å². The first kappa shape index (κ1) is 19.5. The molecule has 7 heteroatoms. The van der Waals surface area contributed by atoms with Crippen LogP contribution in [0.1, 0.15) is 70.9 Å². The summed E-state index contributed by atoms with van der Waals surface area (Å²) < 4.78 is 14.1. The summed E-state index contributed by atoms with van der Waals surface area (Å²) in [6.07, 6.45) is 4.70. The van der Waals surface area contributed by atoms with Crippen LogP contribution in [-0.4, -0.2) is 32.9 Å². The van der Waals surface area contributed by atoms with E-state index in [1.807, 2.05) is 19.1 Å². The van der Waals surface area contributed by atoms with Crippen LogP contribution in [0.2, 0.25) is 0 Å². The van der Waals surface area contributed by atoms with E-state index in [0.29, 0.717) is 17.8 Å². The van der Waals surface area contributed by atoms with E-state index in [4.69, 9.17) is 0 Å². The van der Waals surface area contributed by atoms with Crippen LogP contribution in [0.15, 0.2) is 30.3 Å². The number of aromatic nitrogens is 2. The van der Waals surface area contributed by atoms with Crippen molar-refractivity contribution in [3.05, 3.63) is 58.9 Å². The number of nitrogens with zero attached hydrogens (tertiary/aromatic N) is 2. The normalized spacial score (nSPS) is 25.5. The van der Waals surface area contributed by atoms with Gasteiger partial charge in [-0.25, -0.2) is 14.4 Å². The van der Waals surface area contributed by atoms with Crippen LogP contribution < -0.4 is 10.6 Å². The molecule has 2 saturated carbocycles. The molecule has 152 valence electrons. The molecular formula is C22H25FN4O2. The van der Waals surface area contributed by atoms with Crippen molar-refractivity contribution in [2.24, 2.45) is 0 Å². The molecule has 2 fully saturated rings. The van der Waals surface area contributed by atoms with Gasteiger partial charge in [0.25, 0.3) is 11.8 Å². The maximum atomic E-state index is 14.1. The molecule has 2 amide bonds. The Morgan fingerprint density at radius 3 is 2.24 bits per heavy atom. The minimum Gasteiger partial charge on any atom is -0.345 e. The van der Waals surface area contributed by atoms with Gasteiger partial charge in [-0.1, -0.05) is 6.07 Å². The van der Waals surface area contributed by atoms with Crippen molar-refractivity contribution < 1.29 is 14.0 Å². The Morgan fingerprint density at radius 2 is 1.55 bits per heavy atom. The predicted octanol–water partition coefficient (Wildman–Crippen LogP) is 3.24. The van der Waals surface area contributed by atoms with Crippen molar-refractivity contribution in [3.63, 3.8) is 0 Å². The van der Waals surface area contributed by atoms with E-state index in [1.165, 1.54) is 6.07 Å². The first-order valence-corrected chi connectivity index (χ1v) is 10.0. The second kappa shape index (κ2) is 7.21. The van der Waals surface area contributed by atoms with Gasteiger partial charge in [-0.3, -0.25) is 9.59 Å². The van der Waals surface area contributed by atoms with Crippen LogP contribution in [0.3, 0.4) is 0 Å². The van der Waals surface area contributed by atoms with E-state index in [1.54, 1.807) is 19.1 Å². The summed E-state index contributed by atoms with van der Waals surface area (Å²) in [5.74, 6) is -1.30. The number of hydrogen-bond acceptors (Lipinski definition) is 4. The third-order valence-corrected chi connectivity index (χ3v) is 6.15. The lowest BCUT2D eigenvalue weighted by molar-refractivity contribution is 0.0824. The van der Waals surface area contributed by atoms with Gasteiger partial charge in [-0.15, -0.1) is 0 Å². The van der Waals surface area contributed by atoms with Crippen molar-refractivity contribution >= 4 is 11.8 Å². The molecule has 2 heterocycles. The Kier molecular flexibility index (Phi) is 4.84. The quantitative estimate of drug-likeness (QED) is 0.831. The number of halogens is 1. The number of carbonyl (C=O) groups excluding carboxylic acids is 2. The molecular weight excluding hydrogens is 371 g/mol. The van der Waals surface area contributed by atoms with Gasteiger partial charge in [0.1, 0.15) is 5.69 Å². The lowest BCUT2D eigenvalue weighted by atomic mass is 9.78. The van der Waals surface area contributed by atoms with Crippen LogP contribution in [-0.2, 0) is 0 Å². The maximum absolute atomic E-state index is 14.1. The molecule has 0 saturated heterocycles. The Balaban J connectivity index is 1.50. The minimum absolute atomic E-state index is 0.171. The topological polar surface area (TPSA) is 84.0 Å².